The maximum Gasteiger partial charge on any atom is 0.0195 e. The highest BCUT2D eigenvalue weighted by atomic mass is 15.2. The molecule has 1 atom stereocenters. The SMILES string of the molecule is CCCC1CN(C2CCN(C)CC2)CCCN1. The minimum atomic E-state index is 0.738. The highest BCUT2D eigenvalue weighted by Crippen LogP contribution is 2.18. The van der Waals surface area contributed by atoms with Gasteiger partial charge in [-0.05, 0) is 58.9 Å². The van der Waals surface area contributed by atoms with Gasteiger partial charge in [-0.2, -0.15) is 0 Å². The van der Waals surface area contributed by atoms with Gasteiger partial charge in [-0.15, -0.1) is 0 Å². The van der Waals surface area contributed by atoms with Crippen LogP contribution in [0.1, 0.15) is 39.0 Å². The molecule has 2 aliphatic rings. The van der Waals surface area contributed by atoms with E-state index in [4.69, 9.17) is 0 Å². The minimum Gasteiger partial charge on any atom is -0.313 e. The molecule has 2 saturated heterocycles. The van der Waals surface area contributed by atoms with E-state index in [2.05, 4.69) is 29.1 Å². The lowest BCUT2D eigenvalue weighted by atomic mass is 10.0. The lowest BCUT2D eigenvalue weighted by molar-refractivity contribution is 0.118. The lowest BCUT2D eigenvalue weighted by Gasteiger charge is -2.37. The molecule has 0 aromatic carbocycles. The molecule has 2 fully saturated rings. The first-order valence-electron chi connectivity index (χ1n) is 7.45. The van der Waals surface area contributed by atoms with Crippen molar-refractivity contribution >= 4 is 0 Å². The molecule has 2 rings (SSSR count). The molecule has 1 N–H and O–H groups in total. The van der Waals surface area contributed by atoms with E-state index < -0.39 is 0 Å². The third-order valence-electron chi connectivity index (χ3n) is 4.35. The van der Waals surface area contributed by atoms with E-state index in [1.807, 2.05) is 0 Å². The fraction of sp³-hybridized carbons (Fsp3) is 1.00. The first kappa shape index (κ1) is 13.3. The summed E-state index contributed by atoms with van der Waals surface area (Å²) in [6.45, 7) is 8.67. The van der Waals surface area contributed by atoms with E-state index in [-0.39, 0.29) is 0 Å². The van der Waals surface area contributed by atoms with E-state index in [9.17, 15) is 0 Å². The van der Waals surface area contributed by atoms with Crippen molar-refractivity contribution in [3.05, 3.63) is 0 Å². The molecule has 2 heterocycles. The van der Waals surface area contributed by atoms with Crippen LogP contribution in [0.4, 0.5) is 0 Å². The fourth-order valence-electron chi connectivity index (χ4n) is 3.26. The van der Waals surface area contributed by atoms with Crippen molar-refractivity contribution in [2.45, 2.75) is 51.1 Å². The van der Waals surface area contributed by atoms with E-state index >= 15 is 0 Å². The molecule has 0 aromatic heterocycles. The van der Waals surface area contributed by atoms with E-state index in [0.29, 0.717) is 0 Å². The Morgan fingerprint density at radius 1 is 1.18 bits per heavy atom. The Kier molecular flexibility index (Phi) is 5.26. The van der Waals surface area contributed by atoms with Crippen LogP contribution < -0.4 is 5.32 Å². The summed E-state index contributed by atoms with van der Waals surface area (Å²) < 4.78 is 0. The number of nitrogens with zero attached hydrogens (tertiary/aromatic N) is 2. The van der Waals surface area contributed by atoms with Gasteiger partial charge >= 0.3 is 0 Å². The molecular weight excluding hydrogens is 210 g/mol. The average molecular weight is 239 g/mol. The van der Waals surface area contributed by atoms with Crippen molar-refractivity contribution in [3.63, 3.8) is 0 Å². The zero-order valence-electron chi connectivity index (χ0n) is 11.6. The Hall–Kier alpha value is -0.120. The van der Waals surface area contributed by atoms with Gasteiger partial charge in [0.25, 0.3) is 0 Å². The summed E-state index contributed by atoms with van der Waals surface area (Å²) in [5.41, 5.74) is 0. The first-order chi connectivity index (χ1) is 8.29. The lowest BCUT2D eigenvalue weighted by Crippen LogP contribution is -2.47. The third-order valence-corrected chi connectivity index (χ3v) is 4.35. The molecule has 0 amide bonds. The number of piperidine rings is 1. The monoisotopic (exact) mass is 239 g/mol. The zero-order valence-corrected chi connectivity index (χ0v) is 11.6. The summed E-state index contributed by atoms with van der Waals surface area (Å²) in [7, 11) is 2.25. The van der Waals surface area contributed by atoms with Crippen molar-refractivity contribution in [3.8, 4) is 0 Å². The molecule has 100 valence electrons. The van der Waals surface area contributed by atoms with Gasteiger partial charge in [-0.1, -0.05) is 13.3 Å². The highest BCUT2D eigenvalue weighted by molar-refractivity contribution is 4.84. The van der Waals surface area contributed by atoms with Gasteiger partial charge in [-0.3, -0.25) is 4.90 Å². The molecule has 0 aromatic rings. The molecule has 3 nitrogen and oxygen atoms in total. The summed E-state index contributed by atoms with van der Waals surface area (Å²) in [5.74, 6) is 0. The Morgan fingerprint density at radius 3 is 2.65 bits per heavy atom. The zero-order chi connectivity index (χ0) is 12.1. The van der Waals surface area contributed by atoms with Crippen LogP contribution in [-0.4, -0.2) is 61.7 Å². The second kappa shape index (κ2) is 6.72. The molecule has 17 heavy (non-hydrogen) atoms. The van der Waals surface area contributed by atoms with Gasteiger partial charge in [0.1, 0.15) is 0 Å². The molecule has 2 aliphatic heterocycles. The van der Waals surface area contributed by atoms with Crippen molar-refractivity contribution in [2.24, 2.45) is 0 Å². The smallest absolute Gasteiger partial charge is 0.0195 e. The fourth-order valence-corrected chi connectivity index (χ4v) is 3.26. The Bertz CT molecular complexity index is 212. The normalized spacial score (nSPS) is 30.4. The van der Waals surface area contributed by atoms with Crippen LogP contribution in [0.2, 0.25) is 0 Å². The average Bonchev–Trinajstić information content (AvgIpc) is 2.56. The molecule has 1 unspecified atom stereocenters. The van der Waals surface area contributed by atoms with Crippen LogP contribution >= 0.6 is 0 Å². The van der Waals surface area contributed by atoms with Gasteiger partial charge in [0, 0.05) is 18.6 Å². The standard InChI is InChI=1S/C14H29N3/c1-3-5-13-12-17(9-4-8-15-13)14-6-10-16(2)11-7-14/h13-15H,3-12H2,1-2H3. The second-order valence-corrected chi connectivity index (χ2v) is 5.82. The number of hydrogen-bond acceptors (Lipinski definition) is 3. The minimum absolute atomic E-state index is 0.738. The highest BCUT2D eigenvalue weighted by Gasteiger charge is 2.26. The Labute approximate surface area is 107 Å². The molecule has 0 aliphatic carbocycles. The number of nitrogens with one attached hydrogen (secondary N) is 1. The van der Waals surface area contributed by atoms with Gasteiger partial charge in [0.15, 0.2) is 0 Å². The Balaban J connectivity index is 1.85. The van der Waals surface area contributed by atoms with Crippen LogP contribution in [0.15, 0.2) is 0 Å². The van der Waals surface area contributed by atoms with Crippen molar-refractivity contribution < 1.29 is 0 Å². The predicted octanol–water partition coefficient (Wildman–Crippen LogP) is 1.54. The topological polar surface area (TPSA) is 18.5 Å². The van der Waals surface area contributed by atoms with Crippen molar-refractivity contribution in [1.29, 1.82) is 0 Å². The predicted molar refractivity (Wildman–Crippen MR) is 73.4 cm³/mol. The van der Waals surface area contributed by atoms with Crippen LogP contribution in [0.25, 0.3) is 0 Å². The van der Waals surface area contributed by atoms with E-state index in [0.717, 1.165) is 12.1 Å². The number of hydrogen-bond donors (Lipinski definition) is 1. The van der Waals surface area contributed by atoms with Crippen LogP contribution in [0.5, 0.6) is 0 Å². The maximum absolute atomic E-state index is 3.71. The van der Waals surface area contributed by atoms with E-state index in [1.165, 1.54) is 64.8 Å². The van der Waals surface area contributed by atoms with Crippen LogP contribution in [0, 0.1) is 0 Å². The van der Waals surface area contributed by atoms with E-state index in [1.54, 1.807) is 0 Å². The van der Waals surface area contributed by atoms with Gasteiger partial charge in [0.05, 0.1) is 0 Å². The summed E-state index contributed by atoms with van der Waals surface area (Å²) >= 11 is 0. The number of likely N-dealkylation sites (tertiary alicyclic amines) is 1. The molecule has 0 saturated carbocycles. The summed E-state index contributed by atoms with van der Waals surface area (Å²) in [5, 5.41) is 3.71. The second-order valence-electron chi connectivity index (χ2n) is 5.82. The third kappa shape index (κ3) is 3.94. The molecule has 0 spiro atoms. The van der Waals surface area contributed by atoms with Gasteiger partial charge in [0.2, 0.25) is 0 Å². The first-order valence-corrected chi connectivity index (χ1v) is 7.45. The molecule has 0 radical (unpaired) electrons. The number of rotatable bonds is 3. The van der Waals surface area contributed by atoms with Crippen molar-refractivity contribution in [1.82, 2.24) is 15.1 Å². The summed E-state index contributed by atoms with van der Waals surface area (Å²) in [4.78, 5) is 5.24. The summed E-state index contributed by atoms with van der Waals surface area (Å²) in [6, 6.07) is 1.59. The van der Waals surface area contributed by atoms with Crippen LogP contribution in [-0.2, 0) is 0 Å². The van der Waals surface area contributed by atoms with Crippen LogP contribution in [0.3, 0.4) is 0 Å². The molecule has 3 heteroatoms. The quantitative estimate of drug-likeness (QED) is 0.806. The van der Waals surface area contributed by atoms with Gasteiger partial charge in [-0.25, -0.2) is 0 Å². The molecule has 0 bridgehead atoms. The van der Waals surface area contributed by atoms with Crippen molar-refractivity contribution in [2.75, 3.05) is 39.8 Å². The maximum atomic E-state index is 3.71. The summed E-state index contributed by atoms with van der Waals surface area (Å²) in [6.07, 6.45) is 6.71. The Morgan fingerprint density at radius 2 is 1.94 bits per heavy atom. The molecular formula is C14H29N3. The largest absolute Gasteiger partial charge is 0.313 e. The van der Waals surface area contributed by atoms with Gasteiger partial charge < -0.3 is 10.2 Å².